The molecule has 1 aromatic rings. The number of rotatable bonds is 2. The molecule has 1 aliphatic rings. The lowest BCUT2D eigenvalue weighted by Gasteiger charge is -2.21. The zero-order chi connectivity index (χ0) is 13.3. The molecule has 0 spiro atoms. The summed E-state index contributed by atoms with van der Waals surface area (Å²) in [6.07, 6.45) is 0. The van der Waals surface area contributed by atoms with Crippen molar-refractivity contribution in [2.24, 2.45) is 4.99 Å². The lowest BCUT2D eigenvalue weighted by Crippen LogP contribution is -2.40. The Labute approximate surface area is 113 Å². The van der Waals surface area contributed by atoms with Crippen LogP contribution in [-0.4, -0.2) is 18.4 Å². The lowest BCUT2D eigenvalue weighted by molar-refractivity contribution is -0.123. The van der Waals surface area contributed by atoms with Gasteiger partial charge in [0.1, 0.15) is 11.4 Å². The molecule has 6 heteroatoms. The summed E-state index contributed by atoms with van der Waals surface area (Å²) < 4.78 is 13.5. The van der Waals surface area contributed by atoms with E-state index in [1.54, 1.807) is 19.1 Å². The number of carbonyl (C=O) groups excluding carboxylic acids is 1. The van der Waals surface area contributed by atoms with E-state index in [0.29, 0.717) is 22.5 Å². The Bertz CT molecular complexity index is 532. The summed E-state index contributed by atoms with van der Waals surface area (Å²) in [4.78, 5) is 16.1. The van der Waals surface area contributed by atoms with Crippen LogP contribution in [0.15, 0.2) is 27.7 Å². The molecule has 1 atom stereocenters. The fraction of sp³-hybridized carbons (Fsp3) is 0.333. The number of amides is 1. The molecule has 1 fully saturated rings. The first-order valence-corrected chi connectivity index (χ1v) is 6.36. The maximum atomic E-state index is 13.2. The molecule has 96 valence electrons. The van der Waals surface area contributed by atoms with Crippen LogP contribution in [0.4, 0.5) is 4.39 Å². The number of benzene rings is 1. The van der Waals surface area contributed by atoms with E-state index >= 15 is 0 Å². The highest BCUT2D eigenvalue weighted by Crippen LogP contribution is 2.28. The van der Waals surface area contributed by atoms with Crippen molar-refractivity contribution < 1.29 is 9.18 Å². The van der Waals surface area contributed by atoms with Gasteiger partial charge in [0.05, 0.1) is 4.47 Å². The SMILES string of the molecule is CCN=C1NC(=O)C(C)(c2ccc(F)c(Br)c2)N1. The molecule has 1 amide bonds. The second-order valence-corrected chi connectivity index (χ2v) is 5.01. The topological polar surface area (TPSA) is 53.5 Å². The third-order valence-electron chi connectivity index (χ3n) is 2.87. The van der Waals surface area contributed by atoms with Crippen LogP contribution in [0.25, 0.3) is 0 Å². The van der Waals surface area contributed by atoms with Crippen LogP contribution in [0.5, 0.6) is 0 Å². The van der Waals surface area contributed by atoms with Gasteiger partial charge in [-0.1, -0.05) is 6.07 Å². The molecule has 1 heterocycles. The van der Waals surface area contributed by atoms with Gasteiger partial charge in [0, 0.05) is 6.54 Å². The number of hydrogen-bond donors (Lipinski definition) is 2. The molecule has 1 aromatic carbocycles. The maximum absolute atomic E-state index is 13.2. The summed E-state index contributed by atoms with van der Waals surface area (Å²) in [5.74, 6) is -0.109. The summed E-state index contributed by atoms with van der Waals surface area (Å²) in [6, 6.07) is 4.51. The Balaban J connectivity index is 2.39. The van der Waals surface area contributed by atoms with E-state index in [1.165, 1.54) is 6.07 Å². The van der Waals surface area contributed by atoms with Crippen molar-refractivity contribution in [3.8, 4) is 0 Å². The summed E-state index contributed by atoms with van der Waals surface area (Å²) >= 11 is 3.12. The van der Waals surface area contributed by atoms with Crippen molar-refractivity contribution in [1.82, 2.24) is 10.6 Å². The fourth-order valence-corrected chi connectivity index (χ4v) is 2.18. The number of guanidine groups is 1. The van der Waals surface area contributed by atoms with Crippen molar-refractivity contribution in [3.63, 3.8) is 0 Å². The average Bonchev–Trinajstić information content (AvgIpc) is 2.60. The van der Waals surface area contributed by atoms with Gasteiger partial charge < -0.3 is 5.32 Å². The quantitative estimate of drug-likeness (QED) is 0.876. The van der Waals surface area contributed by atoms with Crippen LogP contribution in [0, 0.1) is 5.82 Å². The van der Waals surface area contributed by atoms with Crippen molar-refractivity contribution >= 4 is 27.8 Å². The molecule has 2 rings (SSSR count). The zero-order valence-electron chi connectivity index (χ0n) is 10.1. The molecule has 1 aliphatic heterocycles. The molecular formula is C12H13BrFN3O. The average molecular weight is 314 g/mol. The second-order valence-electron chi connectivity index (χ2n) is 4.16. The predicted octanol–water partition coefficient (Wildman–Crippen LogP) is 1.90. The molecule has 0 radical (unpaired) electrons. The first-order chi connectivity index (χ1) is 8.47. The van der Waals surface area contributed by atoms with Crippen LogP contribution >= 0.6 is 15.9 Å². The highest BCUT2D eigenvalue weighted by Gasteiger charge is 2.42. The summed E-state index contributed by atoms with van der Waals surface area (Å²) in [6.45, 7) is 4.19. The third kappa shape index (κ3) is 2.12. The molecule has 4 nitrogen and oxygen atoms in total. The smallest absolute Gasteiger partial charge is 0.256 e. The summed E-state index contributed by atoms with van der Waals surface area (Å²) in [5, 5.41) is 5.70. The van der Waals surface area contributed by atoms with Gasteiger partial charge in [-0.2, -0.15) is 0 Å². The number of nitrogens with zero attached hydrogens (tertiary/aromatic N) is 1. The number of carbonyl (C=O) groups is 1. The summed E-state index contributed by atoms with van der Waals surface area (Å²) in [7, 11) is 0. The number of hydrogen-bond acceptors (Lipinski definition) is 2. The Kier molecular flexibility index (Phi) is 3.38. The first-order valence-electron chi connectivity index (χ1n) is 5.57. The standard InChI is InChI=1S/C12H13BrFN3O/c1-3-15-11-16-10(18)12(2,17-11)7-4-5-9(14)8(13)6-7/h4-6H,3H2,1-2H3,(H2,15,16,17,18). The Morgan fingerprint density at radius 1 is 1.50 bits per heavy atom. The Morgan fingerprint density at radius 2 is 2.22 bits per heavy atom. The zero-order valence-corrected chi connectivity index (χ0v) is 11.6. The van der Waals surface area contributed by atoms with E-state index in [4.69, 9.17) is 0 Å². The van der Waals surface area contributed by atoms with Gasteiger partial charge in [0.2, 0.25) is 0 Å². The minimum absolute atomic E-state index is 0.201. The molecular weight excluding hydrogens is 301 g/mol. The predicted molar refractivity (Wildman–Crippen MR) is 70.7 cm³/mol. The van der Waals surface area contributed by atoms with Crippen molar-refractivity contribution in [2.75, 3.05) is 6.54 Å². The normalized spacial score (nSPS) is 25.1. The molecule has 2 N–H and O–H groups in total. The van der Waals surface area contributed by atoms with Gasteiger partial charge in [-0.3, -0.25) is 15.1 Å². The largest absolute Gasteiger partial charge is 0.338 e. The van der Waals surface area contributed by atoms with Crippen molar-refractivity contribution in [3.05, 3.63) is 34.1 Å². The monoisotopic (exact) mass is 313 g/mol. The molecule has 0 bridgehead atoms. The van der Waals surface area contributed by atoms with E-state index in [9.17, 15) is 9.18 Å². The molecule has 1 saturated heterocycles. The van der Waals surface area contributed by atoms with Crippen molar-refractivity contribution in [1.29, 1.82) is 0 Å². The van der Waals surface area contributed by atoms with Gasteiger partial charge in [-0.25, -0.2) is 4.39 Å². The molecule has 0 aromatic heterocycles. The minimum Gasteiger partial charge on any atom is -0.338 e. The highest BCUT2D eigenvalue weighted by atomic mass is 79.9. The van der Waals surface area contributed by atoms with Crippen LogP contribution in [0.3, 0.4) is 0 Å². The number of nitrogens with one attached hydrogen (secondary N) is 2. The number of halogens is 2. The summed E-state index contributed by atoms with van der Waals surface area (Å²) in [5.41, 5.74) is -0.251. The molecule has 1 unspecified atom stereocenters. The highest BCUT2D eigenvalue weighted by molar-refractivity contribution is 9.10. The Morgan fingerprint density at radius 3 is 2.83 bits per heavy atom. The van der Waals surface area contributed by atoms with E-state index in [-0.39, 0.29) is 11.7 Å². The number of aliphatic imine (C=N–C) groups is 1. The van der Waals surface area contributed by atoms with Crippen LogP contribution in [0.2, 0.25) is 0 Å². The van der Waals surface area contributed by atoms with Crippen LogP contribution in [-0.2, 0) is 10.3 Å². The molecule has 0 saturated carbocycles. The molecule has 0 aliphatic carbocycles. The maximum Gasteiger partial charge on any atom is 0.256 e. The third-order valence-corrected chi connectivity index (χ3v) is 3.48. The first kappa shape index (κ1) is 13.0. The van der Waals surface area contributed by atoms with Gasteiger partial charge in [0.15, 0.2) is 5.96 Å². The Hall–Kier alpha value is -1.43. The van der Waals surface area contributed by atoms with Gasteiger partial charge in [0.25, 0.3) is 5.91 Å². The fourth-order valence-electron chi connectivity index (χ4n) is 1.80. The van der Waals surface area contributed by atoms with E-state index in [1.807, 2.05) is 6.92 Å². The van der Waals surface area contributed by atoms with E-state index in [0.717, 1.165) is 0 Å². The van der Waals surface area contributed by atoms with E-state index in [2.05, 4.69) is 31.6 Å². The minimum atomic E-state index is -0.926. The van der Waals surface area contributed by atoms with Crippen LogP contribution in [0.1, 0.15) is 19.4 Å². The second kappa shape index (κ2) is 4.68. The lowest BCUT2D eigenvalue weighted by atomic mass is 9.92. The van der Waals surface area contributed by atoms with Gasteiger partial charge in [-0.05, 0) is 47.5 Å². The van der Waals surface area contributed by atoms with Gasteiger partial charge >= 0.3 is 0 Å². The van der Waals surface area contributed by atoms with E-state index < -0.39 is 5.54 Å². The molecule has 18 heavy (non-hydrogen) atoms. The van der Waals surface area contributed by atoms with Crippen molar-refractivity contribution in [2.45, 2.75) is 19.4 Å². The van der Waals surface area contributed by atoms with Gasteiger partial charge in [-0.15, -0.1) is 0 Å². The van der Waals surface area contributed by atoms with Crippen LogP contribution < -0.4 is 10.6 Å².